The van der Waals surface area contributed by atoms with E-state index < -0.39 is 0 Å². The molecule has 0 atom stereocenters. The Morgan fingerprint density at radius 1 is 0.372 bits per heavy atom. The maximum atomic E-state index is 4.98. The first-order chi connectivity index (χ1) is 21.3. The summed E-state index contributed by atoms with van der Waals surface area (Å²) in [4.78, 5) is 19.7. The molecule has 2 heterocycles. The van der Waals surface area contributed by atoms with Crippen LogP contribution in [0.2, 0.25) is 0 Å². The van der Waals surface area contributed by atoms with E-state index in [2.05, 4.69) is 84.9 Å². The number of rotatable bonds is 5. The van der Waals surface area contributed by atoms with Gasteiger partial charge in [0.15, 0.2) is 0 Å². The number of hydrogen-bond donors (Lipinski definition) is 0. The molecule has 0 radical (unpaired) electrons. The Kier molecular flexibility index (Phi) is 6.45. The molecule has 0 aliphatic rings. The molecule has 4 nitrogen and oxygen atoms in total. The van der Waals surface area contributed by atoms with Gasteiger partial charge in [-0.1, -0.05) is 60.7 Å². The molecular weight excluding hydrogens is 591 g/mol. The number of benzene rings is 6. The van der Waals surface area contributed by atoms with Gasteiger partial charge in [-0.25, -0.2) is 0 Å². The van der Waals surface area contributed by atoms with Crippen LogP contribution in [0.4, 0.5) is 0 Å². The summed E-state index contributed by atoms with van der Waals surface area (Å²) in [5.74, 6) is 1.98. The summed E-state index contributed by atoms with van der Waals surface area (Å²) in [6.45, 7) is 0. The van der Waals surface area contributed by atoms with Crippen LogP contribution in [0, 0.1) is 0 Å². The largest absolute Gasteiger partial charge is 0.0615 e. The third kappa shape index (κ3) is 4.95. The quantitative estimate of drug-likeness (QED) is 0.181. The molecule has 6 aromatic carbocycles. The van der Waals surface area contributed by atoms with Gasteiger partial charge in [-0.3, -0.25) is 0 Å². The van der Waals surface area contributed by atoms with Gasteiger partial charge in [-0.15, -0.1) is 0 Å². The first kappa shape index (κ1) is 25.5. The van der Waals surface area contributed by atoms with Gasteiger partial charge in [0.1, 0.15) is 0 Å². The predicted molar refractivity (Wildman–Crippen MR) is 177 cm³/mol. The Morgan fingerprint density at radius 3 is 1.56 bits per heavy atom. The van der Waals surface area contributed by atoms with Crippen LogP contribution in [0.5, 0.6) is 0 Å². The van der Waals surface area contributed by atoms with Crippen molar-refractivity contribution in [1.29, 1.82) is 0 Å². The molecule has 5 heteroatoms. The molecule has 0 N–H and O–H groups in total. The maximum absolute atomic E-state index is 4.98. The summed E-state index contributed by atoms with van der Waals surface area (Å²) in [7, 11) is 0. The van der Waals surface area contributed by atoms with Crippen LogP contribution < -0.4 is 0 Å². The van der Waals surface area contributed by atoms with Crippen molar-refractivity contribution in [1.82, 2.24) is 19.9 Å². The van der Waals surface area contributed by atoms with Crippen molar-refractivity contribution in [2.24, 2.45) is 0 Å². The number of aromatic nitrogens is 4. The van der Waals surface area contributed by atoms with Crippen LogP contribution in [0.3, 0.4) is 0 Å². The van der Waals surface area contributed by atoms with Crippen LogP contribution in [0.25, 0.3) is 76.0 Å². The van der Waals surface area contributed by atoms with Gasteiger partial charge in [0.05, 0.1) is 0 Å². The van der Waals surface area contributed by atoms with Gasteiger partial charge in [-0.05, 0) is 0 Å². The second-order valence-corrected chi connectivity index (χ2v) is 12.4. The molecule has 8 aromatic rings. The van der Waals surface area contributed by atoms with Crippen molar-refractivity contribution in [3.8, 4) is 55.4 Å². The fourth-order valence-electron chi connectivity index (χ4n) is 5.37. The van der Waals surface area contributed by atoms with E-state index in [9.17, 15) is 0 Å². The molecule has 0 bridgehead atoms. The Bertz CT molecular complexity index is 2170. The third-order valence-corrected chi connectivity index (χ3v) is 9.96. The molecule has 0 fully saturated rings. The normalized spacial score (nSPS) is 11.3. The van der Waals surface area contributed by atoms with Crippen LogP contribution in [0.1, 0.15) is 0 Å². The van der Waals surface area contributed by atoms with Gasteiger partial charge in [0.2, 0.25) is 0 Å². The minimum atomic E-state index is 0.170. The van der Waals surface area contributed by atoms with Crippen molar-refractivity contribution >= 4 is 35.1 Å². The Hall–Kier alpha value is -5.22. The second-order valence-electron chi connectivity index (χ2n) is 10.4. The van der Waals surface area contributed by atoms with E-state index in [1.807, 2.05) is 60.7 Å². The molecule has 0 saturated carbocycles. The van der Waals surface area contributed by atoms with Crippen molar-refractivity contribution < 1.29 is 0 Å². The van der Waals surface area contributed by atoms with Gasteiger partial charge in [0.25, 0.3) is 0 Å². The number of hydrogen-bond acceptors (Lipinski definition) is 4. The van der Waals surface area contributed by atoms with E-state index in [1.54, 1.807) is 0 Å². The molecule has 43 heavy (non-hydrogen) atoms. The summed E-state index contributed by atoms with van der Waals surface area (Å²) in [5.41, 5.74) is 7.46. The second kappa shape index (κ2) is 10.9. The minimum Gasteiger partial charge on any atom is -0.0615 e. The van der Waals surface area contributed by atoms with E-state index in [0.29, 0.717) is 17.5 Å². The average molecular weight is 616 g/mol. The Balaban J connectivity index is 1.20. The zero-order chi connectivity index (χ0) is 28.6. The molecule has 0 saturated heterocycles. The SMILES string of the molecule is c1ccc(-c2nc(-c3ccccc3)nc(-c3cccc(-c4ccc5c(ccc6nc(-c7ccccc7)[se]c65)c4)c3)n2)cc1. The molecule has 2 aromatic heterocycles. The third-order valence-electron chi connectivity index (χ3n) is 7.54. The van der Waals surface area contributed by atoms with Crippen LogP contribution in [0.15, 0.2) is 146 Å². The van der Waals surface area contributed by atoms with E-state index in [1.165, 1.54) is 25.2 Å². The summed E-state index contributed by atoms with van der Waals surface area (Å²) in [5, 5.41) is 2.51. The van der Waals surface area contributed by atoms with Gasteiger partial charge >= 0.3 is 195 Å². The summed E-state index contributed by atoms with van der Waals surface area (Å²) < 4.78 is 2.55. The summed E-state index contributed by atoms with van der Waals surface area (Å²) in [6.07, 6.45) is 0. The molecule has 8 rings (SSSR count). The molecular formula is C38H24N4Se. The smallest absolute Gasteiger partial charge is 0.0512 e. The fourth-order valence-corrected chi connectivity index (χ4v) is 7.69. The zero-order valence-electron chi connectivity index (χ0n) is 23.1. The molecule has 0 spiro atoms. The van der Waals surface area contributed by atoms with Crippen molar-refractivity contribution in [2.75, 3.05) is 0 Å². The first-order valence-corrected chi connectivity index (χ1v) is 15.9. The van der Waals surface area contributed by atoms with Crippen LogP contribution in [-0.4, -0.2) is 34.4 Å². The van der Waals surface area contributed by atoms with Gasteiger partial charge < -0.3 is 0 Å². The number of nitrogens with zero attached hydrogens (tertiary/aromatic N) is 4. The van der Waals surface area contributed by atoms with Crippen LogP contribution >= 0.6 is 0 Å². The van der Waals surface area contributed by atoms with E-state index in [-0.39, 0.29) is 14.5 Å². The standard InChI is InChI=1S/C38H24N4Se/c1-4-11-25(12-5-1)35-40-36(26-13-6-2-7-14-26)42-37(41-35)31-18-10-17-28(24-31)29-19-21-32-30(23-29)20-22-33-34(32)43-38(39-33)27-15-8-3-9-16-27/h1-24H. The molecule has 202 valence electrons. The summed E-state index contributed by atoms with van der Waals surface area (Å²) >= 11 is 0.170. The average Bonchev–Trinajstić information content (AvgIpc) is 3.54. The molecule has 0 aliphatic heterocycles. The van der Waals surface area contributed by atoms with E-state index in [0.717, 1.165) is 33.3 Å². The van der Waals surface area contributed by atoms with Crippen molar-refractivity contribution in [2.45, 2.75) is 0 Å². The Labute approximate surface area is 255 Å². The Morgan fingerprint density at radius 2 is 0.907 bits per heavy atom. The monoisotopic (exact) mass is 616 g/mol. The first-order valence-electron chi connectivity index (χ1n) is 14.1. The zero-order valence-corrected chi connectivity index (χ0v) is 24.8. The number of fused-ring (bicyclic) bond motifs is 3. The summed E-state index contributed by atoms with van der Waals surface area (Å²) in [6, 6.07) is 50.3. The molecule has 0 unspecified atom stereocenters. The fraction of sp³-hybridized carbons (Fsp3) is 0. The van der Waals surface area contributed by atoms with Crippen molar-refractivity contribution in [3.05, 3.63) is 146 Å². The van der Waals surface area contributed by atoms with E-state index >= 15 is 0 Å². The maximum Gasteiger partial charge on any atom is -0.0512 e. The van der Waals surface area contributed by atoms with Gasteiger partial charge in [0, 0.05) is 0 Å². The van der Waals surface area contributed by atoms with Gasteiger partial charge in [-0.2, -0.15) is 0 Å². The molecule has 0 aliphatic carbocycles. The topological polar surface area (TPSA) is 51.6 Å². The molecule has 0 amide bonds. The van der Waals surface area contributed by atoms with Crippen LogP contribution in [-0.2, 0) is 0 Å². The predicted octanol–water partition coefficient (Wildman–Crippen LogP) is 8.96. The van der Waals surface area contributed by atoms with E-state index in [4.69, 9.17) is 19.9 Å². The minimum absolute atomic E-state index is 0.170. The van der Waals surface area contributed by atoms with Crippen molar-refractivity contribution in [3.63, 3.8) is 0 Å².